The molecule has 0 atom stereocenters. The predicted octanol–water partition coefficient (Wildman–Crippen LogP) is 7.76. The quantitative estimate of drug-likeness (QED) is 0.438. The Morgan fingerprint density at radius 2 is 1.47 bits per heavy atom. The Kier molecular flexibility index (Phi) is 6.09. The first-order chi connectivity index (χ1) is 15.2. The van der Waals surface area contributed by atoms with Gasteiger partial charge in [-0.05, 0) is 94.9 Å². The van der Waals surface area contributed by atoms with Crippen molar-refractivity contribution >= 4 is 11.5 Å². The molecular formula is C30H38O2. The monoisotopic (exact) mass is 430 g/mol. The lowest BCUT2D eigenvalue weighted by atomic mass is 9.62. The van der Waals surface area contributed by atoms with Gasteiger partial charge in [-0.1, -0.05) is 70.9 Å². The molecular weight excluding hydrogens is 392 g/mol. The summed E-state index contributed by atoms with van der Waals surface area (Å²) < 4.78 is 4.90. The SMILES string of the molecule is CCCCc1cc2c(cc1C(=C1CC1)c1ccc(C(=O)OC)cc1)C(C)(C)CCC2(C)C. The van der Waals surface area contributed by atoms with Crippen LogP contribution in [0.3, 0.4) is 0 Å². The molecule has 170 valence electrons. The van der Waals surface area contributed by atoms with Gasteiger partial charge in [0.05, 0.1) is 12.7 Å². The van der Waals surface area contributed by atoms with Crippen molar-refractivity contribution in [3.63, 3.8) is 0 Å². The normalized spacial score (nSPS) is 18.1. The van der Waals surface area contributed by atoms with Crippen LogP contribution >= 0.6 is 0 Å². The predicted molar refractivity (Wildman–Crippen MR) is 133 cm³/mol. The Bertz CT molecular complexity index is 1040. The van der Waals surface area contributed by atoms with Gasteiger partial charge >= 0.3 is 5.97 Å². The number of hydrogen-bond acceptors (Lipinski definition) is 2. The van der Waals surface area contributed by atoms with E-state index in [0.717, 1.165) is 6.42 Å². The average molecular weight is 431 g/mol. The van der Waals surface area contributed by atoms with Gasteiger partial charge in [0.25, 0.3) is 0 Å². The molecule has 0 spiro atoms. The maximum atomic E-state index is 11.9. The lowest BCUT2D eigenvalue weighted by Crippen LogP contribution is -2.34. The van der Waals surface area contributed by atoms with E-state index in [2.05, 4.69) is 58.9 Å². The Labute approximate surface area is 194 Å². The number of rotatable bonds is 6. The van der Waals surface area contributed by atoms with E-state index < -0.39 is 0 Å². The van der Waals surface area contributed by atoms with Crippen LogP contribution in [0, 0.1) is 0 Å². The molecule has 2 aromatic carbocycles. The molecule has 4 rings (SSSR count). The van der Waals surface area contributed by atoms with Crippen LogP contribution in [0.2, 0.25) is 0 Å². The fourth-order valence-corrected chi connectivity index (χ4v) is 5.22. The molecule has 0 aliphatic heterocycles. The van der Waals surface area contributed by atoms with Gasteiger partial charge in [-0.25, -0.2) is 4.79 Å². The molecule has 1 saturated carbocycles. The third kappa shape index (κ3) is 4.29. The number of methoxy groups -OCH3 is 1. The van der Waals surface area contributed by atoms with E-state index in [9.17, 15) is 4.79 Å². The summed E-state index contributed by atoms with van der Waals surface area (Å²) in [5, 5.41) is 0. The highest BCUT2D eigenvalue weighted by Gasteiger charge is 2.38. The first-order valence-electron chi connectivity index (χ1n) is 12.3. The Morgan fingerprint density at radius 3 is 2.00 bits per heavy atom. The van der Waals surface area contributed by atoms with Crippen LogP contribution in [-0.2, 0) is 22.0 Å². The maximum Gasteiger partial charge on any atom is 0.337 e. The first-order valence-corrected chi connectivity index (χ1v) is 12.3. The van der Waals surface area contributed by atoms with Gasteiger partial charge in [-0.3, -0.25) is 0 Å². The fraction of sp³-hybridized carbons (Fsp3) is 0.500. The number of carbonyl (C=O) groups excluding carboxylic acids is 1. The van der Waals surface area contributed by atoms with Gasteiger partial charge < -0.3 is 4.74 Å². The van der Waals surface area contributed by atoms with Crippen molar-refractivity contribution in [2.24, 2.45) is 0 Å². The fourth-order valence-electron chi connectivity index (χ4n) is 5.22. The number of fused-ring (bicyclic) bond motifs is 1. The van der Waals surface area contributed by atoms with Crippen molar-refractivity contribution in [3.05, 3.63) is 75.4 Å². The summed E-state index contributed by atoms with van der Waals surface area (Å²) in [6.45, 7) is 11.9. The minimum absolute atomic E-state index is 0.191. The lowest BCUT2D eigenvalue weighted by Gasteiger charge is -2.42. The zero-order valence-electron chi connectivity index (χ0n) is 20.7. The average Bonchev–Trinajstić information content (AvgIpc) is 3.61. The molecule has 2 nitrogen and oxygen atoms in total. The van der Waals surface area contributed by atoms with E-state index in [1.807, 2.05) is 12.1 Å². The summed E-state index contributed by atoms with van der Waals surface area (Å²) in [4.78, 5) is 11.9. The minimum Gasteiger partial charge on any atom is -0.465 e. The highest BCUT2D eigenvalue weighted by Crippen LogP contribution is 2.49. The molecule has 0 radical (unpaired) electrons. The number of esters is 1. The number of hydrogen-bond donors (Lipinski definition) is 0. The molecule has 0 aromatic heterocycles. The molecule has 0 bridgehead atoms. The van der Waals surface area contributed by atoms with Crippen LogP contribution < -0.4 is 0 Å². The minimum atomic E-state index is -0.279. The second-order valence-electron chi connectivity index (χ2n) is 11.0. The smallest absolute Gasteiger partial charge is 0.337 e. The second kappa shape index (κ2) is 8.54. The molecule has 2 aliphatic rings. The van der Waals surface area contributed by atoms with E-state index in [1.54, 1.807) is 11.1 Å². The molecule has 2 aromatic rings. The molecule has 32 heavy (non-hydrogen) atoms. The van der Waals surface area contributed by atoms with Crippen LogP contribution in [-0.4, -0.2) is 13.1 Å². The van der Waals surface area contributed by atoms with Gasteiger partial charge in [-0.2, -0.15) is 0 Å². The van der Waals surface area contributed by atoms with Crippen LogP contribution in [0.1, 0.15) is 111 Å². The van der Waals surface area contributed by atoms with Crippen molar-refractivity contribution in [2.75, 3.05) is 7.11 Å². The van der Waals surface area contributed by atoms with Crippen molar-refractivity contribution < 1.29 is 9.53 Å². The number of unbranched alkanes of at least 4 members (excludes halogenated alkanes) is 1. The van der Waals surface area contributed by atoms with E-state index in [1.165, 1.54) is 73.5 Å². The number of carbonyl (C=O) groups is 1. The summed E-state index contributed by atoms with van der Waals surface area (Å²) >= 11 is 0. The van der Waals surface area contributed by atoms with Gasteiger partial charge in [0.2, 0.25) is 0 Å². The Morgan fingerprint density at radius 1 is 0.906 bits per heavy atom. The maximum absolute atomic E-state index is 11.9. The van der Waals surface area contributed by atoms with Crippen LogP contribution in [0.4, 0.5) is 0 Å². The topological polar surface area (TPSA) is 26.3 Å². The van der Waals surface area contributed by atoms with Gasteiger partial charge in [-0.15, -0.1) is 0 Å². The van der Waals surface area contributed by atoms with Gasteiger partial charge in [0.15, 0.2) is 0 Å². The van der Waals surface area contributed by atoms with E-state index in [-0.39, 0.29) is 16.8 Å². The zero-order valence-corrected chi connectivity index (χ0v) is 20.7. The number of allylic oxidation sites excluding steroid dienone is 1. The highest BCUT2D eigenvalue weighted by atomic mass is 16.5. The highest BCUT2D eigenvalue weighted by molar-refractivity contribution is 5.91. The summed E-state index contributed by atoms with van der Waals surface area (Å²) in [7, 11) is 1.43. The molecule has 0 heterocycles. The van der Waals surface area contributed by atoms with Crippen LogP contribution in [0.15, 0.2) is 42.0 Å². The van der Waals surface area contributed by atoms with Crippen molar-refractivity contribution in [3.8, 4) is 0 Å². The zero-order chi connectivity index (χ0) is 23.1. The van der Waals surface area contributed by atoms with Crippen molar-refractivity contribution in [1.82, 2.24) is 0 Å². The van der Waals surface area contributed by atoms with Crippen LogP contribution in [0.5, 0.6) is 0 Å². The molecule has 0 saturated heterocycles. The van der Waals surface area contributed by atoms with E-state index in [0.29, 0.717) is 5.56 Å². The lowest BCUT2D eigenvalue weighted by molar-refractivity contribution is 0.0600. The van der Waals surface area contributed by atoms with Crippen molar-refractivity contribution in [2.45, 2.75) is 90.4 Å². The number of benzene rings is 2. The molecule has 1 fully saturated rings. The third-order valence-electron chi connectivity index (χ3n) is 7.59. The van der Waals surface area contributed by atoms with Crippen molar-refractivity contribution in [1.29, 1.82) is 0 Å². The van der Waals surface area contributed by atoms with Crippen LogP contribution in [0.25, 0.3) is 5.57 Å². The standard InChI is InChI=1S/C30H38O2/c1-7-8-9-23-18-25-26(30(4,5)17-16-29(25,2)3)19-24(23)27(20-10-11-20)21-12-14-22(15-13-21)28(31)32-6/h12-15,18-19H,7-11,16-17H2,1-6H3. The first kappa shape index (κ1) is 22.8. The molecule has 2 heteroatoms. The van der Waals surface area contributed by atoms with Gasteiger partial charge in [0, 0.05) is 0 Å². The second-order valence-corrected chi connectivity index (χ2v) is 11.0. The largest absolute Gasteiger partial charge is 0.465 e. The molecule has 2 aliphatic carbocycles. The Hall–Kier alpha value is -2.35. The van der Waals surface area contributed by atoms with E-state index in [4.69, 9.17) is 4.74 Å². The summed E-state index contributed by atoms with van der Waals surface area (Å²) in [5.41, 5.74) is 11.2. The molecule has 0 unspecified atom stereocenters. The number of ether oxygens (including phenoxy) is 1. The third-order valence-corrected chi connectivity index (χ3v) is 7.59. The van der Waals surface area contributed by atoms with Gasteiger partial charge in [0.1, 0.15) is 0 Å². The summed E-state index contributed by atoms with van der Waals surface area (Å²) in [6, 6.07) is 13.1. The summed E-state index contributed by atoms with van der Waals surface area (Å²) in [5.74, 6) is -0.279. The Balaban J connectivity index is 1.89. The molecule has 0 N–H and O–H groups in total. The number of aryl methyl sites for hydroxylation is 1. The summed E-state index contributed by atoms with van der Waals surface area (Å²) in [6.07, 6.45) is 8.33. The van der Waals surface area contributed by atoms with E-state index >= 15 is 0 Å². The molecule has 0 amide bonds.